The van der Waals surface area contributed by atoms with Gasteiger partial charge in [-0.1, -0.05) is 13.8 Å². The summed E-state index contributed by atoms with van der Waals surface area (Å²) in [5, 5.41) is 18.9. The van der Waals surface area contributed by atoms with Crippen LogP contribution in [-0.4, -0.2) is 20.7 Å². The minimum atomic E-state index is -0.366. The molecule has 1 N–H and O–H groups in total. The van der Waals surface area contributed by atoms with Crippen molar-refractivity contribution >= 4 is 5.69 Å². The van der Waals surface area contributed by atoms with E-state index < -0.39 is 0 Å². The molecule has 0 atom stereocenters. The SMILES string of the molecule is Cc1cc(-n2ccc(CNC(C)C)n2)c([N+](=O)[O-])cc1C. The van der Waals surface area contributed by atoms with Crippen molar-refractivity contribution in [2.75, 3.05) is 0 Å². The molecule has 112 valence electrons. The summed E-state index contributed by atoms with van der Waals surface area (Å²) in [6.45, 7) is 8.57. The van der Waals surface area contributed by atoms with E-state index in [1.54, 1.807) is 23.0 Å². The van der Waals surface area contributed by atoms with E-state index in [-0.39, 0.29) is 10.6 Å². The molecule has 0 saturated heterocycles. The lowest BCUT2D eigenvalue weighted by atomic mass is 10.1. The summed E-state index contributed by atoms with van der Waals surface area (Å²) in [5.74, 6) is 0. The van der Waals surface area contributed by atoms with Gasteiger partial charge in [-0.05, 0) is 37.1 Å². The molecule has 2 aromatic rings. The second kappa shape index (κ2) is 6.05. The average Bonchev–Trinajstić information content (AvgIpc) is 2.87. The van der Waals surface area contributed by atoms with Crippen molar-refractivity contribution in [1.29, 1.82) is 0 Å². The molecular formula is C15H20N4O2. The van der Waals surface area contributed by atoms with E-state index in [1.165, 1.54) is 0 Å². The number of aryl methyl sites for hydroxylation is 2. The number of nitro groups is 1. The van der Waals surface area contributed by atoms with Crippen LogP contribution in [0.15, 0.2) is 24.4 Å². The topological polar surface area (TPSA) is 73.0 Å². The minimum absolute atomic E-state index is 0.0737. The van der Waals surface area contributed by atoms with E-state index in [0.29, 0.717) is 18.3 Å². The lowest BCUT2D eigenvalue weighted by Crippen LogP contribution is -2.22. The van der Waals surface area contributed by atoms with Crippen LogP contribution in [0.2, 0.25) is 0 Å². The van der Waals surface area contributed by atoms with Crippen LogP contribution in [0.3, 0.4) is 0 Å². The van der Waals surface area contributed by atoms with Crippen molar-refractivity contribution in [3.63, 3.8) is 0 Å². The fourth-order valence-corrected chi connectivity index (χ4v) is 2.01. The highest BCUT2D eigenvalue weighted by atomic mass is 16.6. The predicted octanol–water partition coefficient (Wildman–Crippen LogP) is 2.90. The molecule has 0 aliphatic carbocycles. The van der Waals surface area contributed by atoms with E-state index >= 15 is 0 Å². The van der Waals surface area contributed by atoms with E-state index in [4.69, 9.17) is 0 Å². The van der Waals surface area contributed by atoms with Crippen molar-refractivity contribution in [2.24, 2.45) is 0 Å². The van der Waals surface area contributed by atoms with Gasteiger partial charge in [0.15, 0.2) is 0 Å². The molecule has 6 nitrogen and oxygen atoms in total. The smallest absolute Gasteiger partial charge is 0.295 e. The Balaban J connectivity index is 2.37. The summed E-state index contributed by atoms with van der Waals surface area (Å²) in [5.41, 5.74) is 3.34. The van der Waals surface area contributed by atoms with Gasteiger partial charge in [-0.2, -0.15) is 5.10 Å². The Morgan fingerprint density at radius 3 is 2.62 bits per heavy atom. The Hall–Kier alpha value is -2.21. The second-order valence-electron chi connectivity index (χ2n) is 5.47. The van der Waals surface area contributed by atoms with E-state index in [1.807, 2.05) is 19.9 Å². The number of hydrogen-bond donors (Lipinski definition) is 1. The van der Waals surface area contributed by atoms with Crippen LogP contribution in [0.5, 0.6) is 0 Å². The Morgan fingerprint density at radius 2 is 2.00 bits per heavy atom. The first kappa shape index (κ1) is 15.2. The van der Waals surface area contributed by atoms with Gasteiger partial charge in [-0.25, -0.2) is 4.68 Å². The van der Waals surface area contributed by atoms with Crippen LogP contribution in [0, 0.1) is 24.0 Å². The molecule has 0 bridgehead atoms. The largest absolute Gasteiger partial charge is 0.309 e. The van der Waals surface area contributed by atoms with Crippen LogP contribution >= 0.6 is 0 Å². The van der Waals surface area contributed by atoms with E-state index in [2.05, 4.69) is 24.3 Å². The van der Waals surface area contributed by atoms with Gasteiger partial charge in [0.25, 0.3) is 5.69 Å². The quantitative estimate of drug-likeness (QED) is 0.678. The van der Waals surface area contributed by atoms with Gasteiger partial charge in [0.05, 0.1) is 10.6 Å². The molecule has 0 unspecified atom stereocenters. The van der Waals surface area contributed by atoms with Crippen LogP contribution in [-0.2, 0) is 6.54 Å². The molecule has 0 saturated carbocycles. The number of hydrogen-bond acceptors (Lipinski definition) is 4. The zero-order valence-electron chi connectivity index (χ0n) is 12.8. The predicted molar refractivity (Wildman–Crippen MR) is 81.7 cm³/mol. The third-order valence-electron chi connectivity index (χ3n) is 3.37. The maximum Gasteiger partial charge on any atom is 0.295 e. The lowest BCUT2D eigenvalue weighted by molar-refractivity contribution is -0.384. The molecule has 0 fully saturated rings. The number of nitro benzene ring substituents is 1. The number of rotatable bonds is 5. The summed E-state index contributed by atoms with van der Waals surface area (Å²) in [4.78, 5) is 10.9. The maximum atomic E-state index is 11.2. The van der Waals surface area contributed by atoms with E-state index in [9.17, 15) is 10.1 Å². The molecular weight excluding hydrogens is 268 g/mol. The zero-order valence-corrected chi connectivity index (χ0v) is 12.8. The van der Waals surface area contributed by atoms with Crippen LogP contribution in [0.4, 0.5) is 5.69 Å². The van der Waals surface area contributed by atoms with Gasteiger partial charge in [-0.15, -0.1) is 0 Å². The number of nitrogens with one attached hydrogen (secondary N) is 1. The normalized spacial score (nSPS) is 11.1. The van der Waals surface area contributed by atoms with Crippen molar-refractivity contribution in [3.8, 4) is 5.69 Å². The summed E-state index contributed by atoms with van der Waals surface area (Å²) in [6, 6.07) is 5.64. The Labute approximate surface area is 123 Å². The minimum Gasteiger partial charge on any atom is -0.309 e. The first-order chi connectivity index (χ1) is 9.88. The molecule has 1 heterocycles. The summed E-state index contributed by atoms with van der Waals surface area (Å²) in [6.07, 6.45) is 1.76. The lowest BCUT2D eigenvalue weighted by Gasteiger charge is -2.07. The second-order valence-corrected chi connectivity index (χ2v) is 5.47. The highest BCUT2D eigenvalue weighted by Gasteiger charge is 2.18. The van der Waals surface area contributed by atoms with Gasteiger partial charge in [0.1, 0.15) is 5.69 Å². The molecule has 0 aliphatic rings. The third kappa shape index (κ3) is 3.46. The molecule has 0 amide bonds. The first-order valence-corrected chi connectivity index (χ1v) is 6.92. The fourth-order valence-electron chi connectivity index (χ4n) is 2.01. The van der Waals surface area contributed by atoms with Crippen LogP contribution < -0.4 is 5.32 Å². The molecule has 2 rings (SSSR count). The van der Waals surface area contributed by atoms with Crippen molar-refractivity contribution in [3.05, 3.63) is 51.3 Å². The highest BCUT2D eigenvalue weighted by molar-refractivity contribution is 5.56. The Morgan fingerprint density at radius 1 is 1.33 bits per heavy atom. The molecule has 21 heavy (non-hydrogen) atoms. The average molecular weight is 288 g/mol. The number of benzene rings is 1. The Bertz CT molecular complexity index is 662. The molecule has 0 radical (unpaired) electrons. The molecule has 1 aromatic carbocycles. The van der Waals surface area contributed by atoms with Gasteiger partial charge in [-0.3, -0.25) is 10.1 Å². The van der Waals surface area contributed by atoms with Crippen LogP contribution in [0.25, 0.3) is 5.69 Å². The Kier molecular flexibility index (Phi) is 4.37. The molecule has 0 spiro atoms. The summed E-state index contributed by atoms with van der Waals surface area (Å²) >= 11 is 0. The van der Waals surface area contributed by atoms with Gasteiger partial charge >= 0.3 is 0 Å². The fraction of sp³-hybridized carbons (Fsp3) is 0.400. The standard InChI is InChI=1S/C15H20N4O2/c1-10(2)16-9-13-5-6-18(17-13)14-7-11(3)12(4)8-15(14)19(20)21/h5-8,10,16H,9H2,1-4H3. The monoisotopic (exact) mass is 288 g/mol. The maximum absolute atomic E-state index is 11.2. The summed E-state index contributed by atoms with van der Waals surface area (Å²) in [7, 11) is 0. The number of nitrogens with zero attached hydrogens (tertiary/aromatic N) is 3. The first-order valence-electron chi connectivity index (χ1n) is 6.92. The van der Waals surface area contributed by atoms with Crippen molar-refractivity contribution in [1.82, 2.24) is 15.1 Å². The molecule has 6 heteroatoms. The molecule has 1 aromatic heterocycles. The van der Waals surface area contributed by atoms with Crippen molar-refractivity contribution < 1.29 is 4.92 Å². The van der Waals surface area contributed by atoms with Gasteiger partial charge < -0.3 is 5.32 Å². The highest BCUT2D eigenvalue weighted by Crippen LogP contribution is 2.26. The van der Waals surface area contributed by atoms with Crippen LogP contribution in [0.1, 0.15) is 30.7 Å². The van der Waals surface area contributed by atoms with Crippen molar-refractivity contribution in [2.45, 2.75) is 40.3 Å². The summed E-state index contributed by atoms with van der Waals surface area (Å²) < 4.78 is 1.57. The van der Waals surface area contributed by atoms with Gasteiger partial charge in [0, 0.05) is 24.8 Å². The van der Waals surface area contributed by atoms with E-state index in [0.717, 1.165) is 16.8 Å². The number of aromatic nitrogens is 2. The zero-order chi connectivity index (χ0) is 15.6. The molecule has 0 aliphatic heterocycles. The van der Waals surface area contributed by atoms with Gasteiger partial charge in [0.2, 0.25) is 0 Å². The third-order valence-corrected chi connectivity index (χ3v) is 3.37.